The molecule has 0 aromatic heterocycles. The number of rotatable bonds is 4. The van der Waals surface area contributed by atoms with Crippen molar-refractivity contribution in [2.75, 3.05) is 13.1 Å². The van der Waals surface area contributed by atoms with Gasteiger partial charge in [0, 0.05) is 24.7 Å². The minimum Gasteiger partial charge on any atom is -0.335 e. The lowest BCUT2D eigenvalue weighted by Gasteiger charge is -2.31. The quantitative estimate of drug-likeness (QED) is 0.927. The molecular formula is C17H22F2N2O. The molecule has 1 N–H and O–H groups in total. The smallest absolute Gasteiger partial charge is 0.227 e. The van der Waals surface area contributed by atoms with Gasteiger partial charge in [0.05, 0.1) is 5.92 Å². The second kappa shape index (κ2) is 6.73. The van der Waals surface area contributed by atoms with Crippen LogP contribution in [-0.4, -0.2) is 29.9 Å². The van der Waals surface area contributed by atoms with Crippen LogP contribution in [0.15, 0.2) is 18.2 Å². The lowest BCUT2D eigenvalue weighted by molar-refractivity contribution is -0.138. The fourth-order valence-electron chi connectivity index (χ4n) is 3.55. The van der Waals surface area contributed by atoms with Gasteiger partial charge in [-0.1, -0.05) is 12.8 Å². The topological polar surface area (TPSA) is 32.3 Å². The van der Waals surface area contributed by atoms with Crippen LogP contribution in [0.4, 0.5) is 8.78 Å². The zero-order valence-electron chi connectivity index (χ0n) is 12.7. The van der Waals surface area contributed by atoms with Crippen molar-refractivity contribution < 1.29 is 13.6 Å². The summed E-state index contributed by atoms with van der Waals surface area (Å²) in [6.45, 7) is 1.71. The van der Waals surface area contributed by atoms with Crippen LogP contribution in [0.1, 0.15) is 37.7 Å². The first-order valence-electron chi connectivity index (χ1n) is 8.10. The van der Waals surface area contributed by atoms with Gasteiger partial charge < -0.3 is 10.2 Å². The standard InChI is InChI=1S/C17H22F2N2O/c18-14-5-6-16(19)13(9-14)11-21(15-3-1-2-4-15)17(22)12-7-8-20-10-12/h5-6,9,12,15,20H,1-4,7-8,10-11H2. The van der Waals surface area contributed by atoms with Crippen molar-refractivity contribution in [1.29, 1.82) is 0 Å². The van der Waals surface area contributed by atoms with Crippen LogP contribution >= 0.6 is 0 Å². The molecule has 1 amide bonds. The average molecular weight is 308 g/mol. The zero-order valence-corrected chi connectivity index (χ0v) is 12.7. The Hall–Kier alpha value is -1.49. The second-order valence-corrected chi connectivity index (χ2v) is 6.33. The van der Waals surface area contributed by atoms with E-state index in [1.54, 1.807) is 4.90 Å². The van der Waals surface area contributed by atoms with E-state index < -0.39 is 11.6 Å². The first-order valence-corrected chi connectivity index (χ1v) is 8.10. The first kappa shape index (κ1) is 15.4. The third-order valence-corrected chi connectivity index (χ3v) is 4.81. The number of hydrogen-bond acceptors (Lipinski definition) is 2. The highest BCUT2D eigenvalue weighted by Crippen LogP contribution is 2.28. The first-order chi connectivity index (χ1) is 10.6. The SMILES string of the molecule is O=C(C1CCNC1)N(Cc1cc(F)ccc1F)C1CCCC1. The van der Waals surface area contributed by atoms with Crippen molar-refractivity contribution >= 4 is 5.91 Å². The molecule has 5 heteroatoms. The van der Waals surface area contributed by atoms with Crippen LogP contribution in [0, 0.1) is 17.6 Å². The Morgan fingerprint density at radius 2 is 2.00 bits per heavy atom. The molecule has 1 aromatic carbocycles. The highest BCUT2D eigenvalue weighted by atomic mass is 19.1. The lowest BCUT2D eigenvalue weighted by atomic mass is 10.0. The monoisotopic (exact) mass is 308 g/mol. The number of halogens is 2. The van der Waals surface area contributed by atoms with Crippen LogP contribution in [0.25, 0.3) is 0 Å². The summed E-state index contributed by atoms with van der Waals surface area (Å²) in [6.07, 6.45) is 4.95. The number of carbonyl (C=O) groups excluding carboxylic acids is 1. The van der Waals surface area contributed by atoms with E-state index in [9.17, 15) is 13.6 Å². The van der Waals surface area contributed by atoms with E-state index in [0.717, 1.165) is 50.8 Å². The molecule has 1 aliphatic carbocycles. The summed E-state index contributed by atoms with van der Waals surface area (Å²) in [4.78, 5) is 14.6. The van der Waals surface area contributed by atoms with Crippen molar-refractivity contribution in [2.24, 2.45) is 5.92 Å². The minimum atomic E-state index is -0.460. The second-order valence-electron chi connectivity index (χ2n) is 6.33. The number of hydrogen-bond donors (Lipinski definition) is 1. The number of carbonyl (C=O) groups is 1. The molecule has 1 atom stereocenters. The molecule has 3 nitrogen and oxygen atoms in total. The molecule has 22 heavy (non-hydrogen) atoms. The summed E-state index contributed by atoms with van der Waals surface area (Å²) in [6, 6.07) is 3.62. The molecule has 1 aromatic rings. The summed E-state index contributed by atoms with van der Waals surface area (Å²) < 4.78 is 27.3. The van der Waals surface area contributed by atoms with E-state index in [1.165, 1.54) is 6.07 Å². The van der Waals surface area contributed by atoms with Crippen molar-refractivity contribution in [2.45, 2.75) is 44.7 Å². The fraction of sp³-hybridized carbons (Fsp3) is 0.588. The molecule has 3 rings (SSSR count). The van der Waals surface area contributed by atoms with E-state index in [0.29, 0.717) is 6.54 Å². The van der Waals surface area contributed by atoms with E-state index in [4.69, 9.17) is 0 Å². The van der Waals surface area contributed by atoms with E-state index in [2.05, 4.69) is 5.32 Å². The fourth-order valence-corrected chi connectivity index (χ4v) is 3.55. The molecule has 1 unspecified atom stereocenters. The molecule has 1 aliphatic heterocycles. The molecular weight excluding hydrogens is 286 g/mol. The van der Waals surface area contributed by atoms with E-state index in [-0.39, 0.29) is 30.0 Å². The van der Waals surface area contributed by atoms with Gasteiger partial charge in [-0.2, -0.15) is 0 Å². The highest BCUT2D eigenvalue weighted by molar-refractivity contribution is 5.79. The number of nitrogens with one attached hydrogen (secondary N) is 1. The van der Waals surface area contributed by atoms with Gasteiger partial charge in [0.15, 0.2) is 0 Å². The predicted octanol–water partition coefficient (Wildman–Crippen LogP) is 2.85. The third kappa shape index (κ3) is 3.29. The molecule has 120 valence electrons. The summed E-state index contributed by atoms with van der Waals surface area (Å²) in [5, 5.41) is 3.20. The minimum absolute atomic E-state index is 0.0304. The van der Waals surface area contributed by atoms with Crippen molar-refractivity contribution in [3.63, 3.8) is 0 Å². The third-order valence-electron chi connectivity index (χ3n) is 4.81. The molecule has 2 aliphatic rings. The molecule has 1 saturated carbocycles. The van der Waals surface area contributed by atoms with Gasteiger partial charge in [0.2, 0.25) is 5.91 Å². The number of nitrogens with zero attached hydrogens (tertiary/aromatic N) is 1. The Balaban J connectivity index is 1.81. The van der Waals surface area contributed by atoms with Gasteiger partial charge in [-0.15, -0.1) is 0 Å². The number of amides is 1. The van der Waals surface area contributed by atoms with Gasteiger partial charge in [-0.25, -0.2) is 8.78 Å². The van der Waals surface area contributed by atoms with Crippen LogP contribution in [0.5, 0.6) is 0 Å². The van der Waals surface area contributed by atoms with Crippen LogP contribution in [0.2, 0.25) is 0 Å². The molecule has 0 bridgehead atoms. The highest BCUT2D eigenvalue weighted by Gasteiger charge is 2.33. The normalized spacial score (nSPS) is 22.2. The van der Waals surface area contributed by atoms with E-state index in [1.807, 2.05) is 0 Å². The summed E-state index contributed by atoms with van der Waals surface area (Å²) in [7, 11) is 0. The molecule has 1 saturated heterocycles. The van der Waals surface area contributed by atoms with Crippen molar-refractivity contribution in [1.82, 2.24) is 10.2 Å². The van der Waals surface area contributed by atoms with Crippen LogP contribution < -0.4 is 5.32 Å². The largest absolute Gasteiger partial charge is 0.335 e. The molecule has 0 spiro atoms. The predicted molar refractivity (Wildman–Crippen MR) is 80.1 cm³/mol. The van der Waals surface area contributed by atoms with Crippen molar-refractivity contribution in [3.8, 4) is 0 Å². The lowest BCUT2D eigenvalue weighted by Crippen LogP contribution is -2.42. The Morgan fingerprint density at radius 3 is 2.68 bits per heavy atom. The molecule has 0 radical (unpaired) electrons. The van der Waals surface area contributed by atoms with Gasteiger partial charge >= 0.3 is 0 Å². The average Bonchev–Trinajstić information content (AvgIpc) is 3.20. The van der Waals surface area contributed by atoms with Crippen molar-refractivity contribution in [3.05, 3.63) is 35.4 Å². The van der Waals surface area contributed by atoms with Crippen LogP contribution in [0.3, 0.4) is 0 Å². The summed E-state index contributed by atoms with van der Waals surface area (Å²) in [5.74, 6) is -0.850. The molecule has 2 fully saturated rings. The summed E-state index contributed by atoms with van der Waals surface area (Å²) in [5.41, 5.74) is 0.270. The Kier molecular flexibility index (Phi) is 4.71. The van der Waals surface area contributed by atoms with E-state index >= 15 is 0 Å². The summed E-state index contributed by atoms with van der Waals surface area (Å²) >= 11 is 0. The van der Waals surface area contributed by atoms with Gasteiger partial charge in [0.25, 0.3) is 0 Å². The van der Waals surface area contributed by atoms with Gasteiger partial charge in [-0.05, 0) is 44.0 Å². The Bertz CT molecular complexity index is 537. The Morgan fingerprint density at radius 1 is 1.23 bits per heavy atom. The maximum absolute atomic E-state index is 13.9. The molecule has 1 heterocycles. The van der Waals surface area contributed by atoms with Gasteiger partial charge in [-0.3, -0.25) is 4.79 Å². The van der Waals surface area contributed by atoms with Crippen LogP contribution in [-0.2, 0) is 11.3 Å². The zero-order chi connectivity index (χ0) is 15.5. The maximum Gasteiger partial charge on any atom is 0.227 e. The maximum atomic E-state index is 13.9. The number of benzene rings is 1. The Labute approximate surface area is 129 Å². The van der Waals surface area contributed by atoms with Gasteiger partial charge in [0.1, 0.15) is 11.6 Å².